The smallest absolute Gasteiger partial charge is 0.227 e. The van der Waals surface area contributed by atoms with Gasteiger partial charge in [-0.2, -0.15) is 0 Å². The number of ether oxygens (including phenoxy) is 1. The molecule has 0 bridgehead atoms. The molecule has 6 heteroatoms. The highest BCUT2D eigenvalue weighted by molar-refractivity contribution is 5.79. The molecule has 0 saturated carbocycles. The molecule has 3 atom stereocenters. The number of rotatable bonds is 3. The van der Waals surface area contributed by atoms with Crippen LogP contribution in [0.25, 0.3) is 0 Å². The molecule has 2 aliphatic heterocycles. The zero-order valence-electron chi connectivity index (χ0n) is 19.0. The van der Waals surface area contributed by atoms with Gasteiger partial charge in [0, 0.05) is 44.5 Å². The summed E-state index contributed by atoms with van der Waals surface area (Å²) in [5.41, 5.74) is 3.60. The summed E-state index contributed by atoms with van der Waals surface area (Å²) in [5.74, 6) is 1.55. The first kappa shape index (κ1) is 21.3. The number of hydrogen-bond acceptors (Lipinski definition) is 4. The van der Waals surface area contributed by atoms with Crippen molar-refractivity contribution in [1.29, 1.82) is 0 Å². The van der Waals surface area contributed by atoms with Crippen molar-refractivity contribution in [2.75, 3.05) is 51.8 Å². The van der Waals surface area contributed by atoms with Crippen LogP contribution in [0.15, 0.2) is 42.5 Å². The van der Waals surface area contributed by atoms with Gasteiger partial charge in [-0.15, -0.1) is 0 Å². The maximum atomic E-state index is 13.6. The number of nitrogens with zero attached hydrogens (tertiary/aromatic N) is 3. The molecule has 2 saturated heterocycles. The van der Waals surface area contributed by atoms with E-state index in [1.165, 1.54) is 17.2 Å². The van der Waals surface area contributed by atoms with E-state index in [2.05, 4.69) is 29.0 Å². The van der Waals surface area contributed by atoms with Gasteiger partial charge >= 0.3 is 0 Å². The highest BCUT2D eigenvalue weighted by atomic mass is 19.1. The van der Waals surface area contributed by atoms with Crippen LogP contribution in [0.3, 0.4) is 0 Å². The topological polar surface area (TPSA) is 36.0 Å². The third-order valence-corrected chi connectivity index (χ3v) is 7.67. The fourth-order valence-corrected chi connectivity index (χ4v) is 5.99. The Bertz CT molecular complexity index is 989. The molecule has 5 nitrogen and oxygen atoms in total. The average molecular weight is 438 g/mol. The van der Waals surface area contributed by atoms with Gasteiger partial charge in [-0.1, -0.05) is 18.2 Å². The number of likely N-dealkylation sites (tertiary alicyclic amines) is 1. The first-order chi connectivity index (χ1) is 15.5. The number of hydrogen-bond donors (Lipinski definition) is 0. The Morgan fingerprint density at radius 3 is 2.59 bits per heavy atom. The second kappa shape index (κ2) is 8.74. The summed E-state index contributed by atoms with van der Waals surface area (Å²) < 4.78 is 19.2. The highest BCUT2D eigenvalue weighted by Gasteiger charge is 2.41. The van der Waals surface area contributed by atoms with Gasteiger partial charge < -0.3 is 19.4 Å². The molecule has 3 aliphatic rings. The summed E-state index contributed by atoms with van der Waals surface area (Å²) in [5, 5.41) is 0. The molecule has 0 radical (unpaired) electrons. The monoisotopic (exact) mass is 437 g/mol. The van der Waals surface area contributed by atoms with Gasteiger partial charge in [0.1, 0.15) is 11.6 Å². The quantitative estimate of drug-likeness (QED) is 0.739. The first-order valence-corrected chi connectivity index (χ1v) is 11.7. The van der Waals surface area contributed by atoms with Crippen LogP contribution in [0.1, 0.15) is 17.5 Å². The zero-order chi connectivity index (χ0) is 22.2. The van der Waals surface area contributed by atoms with Crippen molar-refractivity contribution in [2.24, 2.45) is 11.8 Å². The lowest BCUT2D eigenvalue weighted by Crippen LogP contribution is -2.56. The van der Waals surface area contributed by atoms with Crippen LogP contribution in [0.2, 0.25) is 0 Å². The zero-order valence-corrected chi connectivity index (χ0v) is 19.0. The highest BCUT2D eigenvalue weighted by Crippen LogP contribution is 2.40. The number of methoxy groups -OCH3 is 1. The molecule has 170 valence electrons. The Kier molecular flexibility index (Phi) is 5.80. The van der Waals surface area contributed by atoms with Crippen molar-refractivity contribution >= 4 is 11.6 Å². The van der Waals surface area contributed by atoms with Crippen LogP contribution >= 0.6 is 0 Å². The Labute approximate surface area is 189 Å². The molecule has 32 heavy (non-hydrogen) atoms. The summed E-state index contributed by atoms with van der Waals surface area (Å²) in [6.45, 7) is 3.70. The molecule has 0 aromatic heterocycles. The van der Waals surface area contributed by atoms with Crippen LogP contribution in [0.4, 0.5) is 10.1 Å². The number of amides is 1. The third-order valence-electron chi connectivity index (χ3n) is 7.67. The fraction of sp³-hybridized carbons (Fsp3) is 0.500. The van der Waals surface area contributed by atoms with Gasteiger partial charge in [0.05, 0.1) is 13.0 Å². The number of carbonyl (C=O) groups excluding carboxylic acids is 1. The van der Waals surface area contributed by atoms with E-state index in [1.54, 1.807) is 19.2 Å². The lowest BCUT2D eigenvalue weighted by Gasteiger charge is -2.47. The van der Waals surface area contributed by atoms with Crippen molar-refractivity contribution in [3.05, 3.63) is 59.4 Å². The predicted octanol–water partition coefficient (Wildman–Crippen LogP) is 3.22. The number of piperidine rings is 1. The van der Waals surface area contributed by atoms with Gasteiger partial charge in [-0.25, -0.2) is 4.39 Å². The van der Waals surface area contributed by atoms with Crippen LogP contribution < -0.4 is 9.64 Å². The maximum absolute atomic E-state index is 13.6. The van der Waals surface area contributed by atoms with Crippen LogP contribution in [0, 0.1) is 17.7 Å². The largest absolute Gasteiger partial charge is 0.496 e. The van der Waals surface area contributed by atoms with Crippen LogP contribution in [-0.2, 0) is 17.6 Å². The third kappa shape index (κ3) is 3.96. The Balaban J connectivity index is 1.24. The number of carbonyl (C=O) groups is 1. The van der Waals surface area contributed by atoms with Gasteiger partial charge in [-0.3, -0.25) is 4.79 Å². The second-order valence-corrected chi connectivity index (χ2v) is 9.50. The lowest BCUT2D eigenvalue weighted by molar-refractivity contribution is -0.139. The predicted molar refractivity (Wildman–Crippen MR) is 124 cm³/mol. The Morgan fingerprint density at radius 1 is 1.06 bits per heavy atom. The van der Waals surface area contributed by atoms with Crippen molar-refractivity contribution in [3.63, 3.8) is 0 Å². The van der Waals surface area contributed by atoms with Gasteiger partial charge in [0.2, 0.25) is 5.91 Å². The van der Waals surface area contributed by atoms with Gasteiger partial charge in [-0.05, 0) is 67.6 Å². The maximum Gasteiger partial charge on any atom is 0.227 e. The Hall–Kier alpha value is -2.60. The molecule has 0 N–H and O–H groups in total. The molecule has 0 unspecified atom stereocenters. The Morgan fingerprint density at radius 2 is 1.84 bits per heavy atom. The molecule has 2 heterocycles. The molecule has 1 aliphatic carbocycles. The van der Waals surface area contributed by atoms with Gasteiger partial charge in [0.25, 0.3) is 0 Å². The van der Waals surface area contributed by atoms with Crippen molar-refractivity contribution in [2.45, 2.75) is 25.3 Å². The van der Waals surface area contributed by atoms with E-state index < -0.39 is 0 Å². The molecule has 5 rings (SSSR count). The van der Waals surface area contributed by atoms with E-state index in [0.29, 0.717) is 25.0 Å². The summed E-state index contributed by atoms with van der Waals surface area (Å²) in [6, 6.07) is 13.6. The summed E-state index contributed by atoms with van der Waals surface area (Å²) in [6.07, 6.45) is 2.95. The lowest BCUT2D eigenvalue weighted by atomic mass is 9.72. The molecule has 0 spiro atoms. The summed E-state index contributed by atoms with van der Waals surface area (Å²) in [7, 11) is 3.91. The normalized spacial score (nSPS) is 25.8. The van der Waals surface area contributed by atoms with E-state index >= 15 is 0 Å². The van der Waals surface area contributed by atoms with Crippen LogP contribution in [0.5, 0.6) is 5.75 Å². The van der Waals surface area contributed by atoms with E-state index in [0.717, 1.165) is 50.3 Å². The molecular weight excluding hydrogens is 405 g/mol. The van der Waals surface area contributed by atoms with Gasteiger partial charge in [0.15, 0.2) is 0 Å². The summed E-state index contributed by atoms with van der Waals surface area (Å²) in [4.78, 5) is 20.0. The van der Waals surface area contributed by atoms with Crippen molar-refractivity contribution < 1.29 is 13.9 Å². The minimum atomic E-state index is -0.216. The summed E-state index contributed by atoms with van der Waals surface area (Å²) >= 11 is 0. The standard InChI is InChI=1S/C26H32FN3O2/c1-28-17-20(13-19-14-23-18(15-24(19)28)5-3-8-25(23)32-2)26(31)30-11-9-29(10-12-30)22-7-4-6-21(27)16-22/h3-8,16,19-20,24H,9-15,17H2,1-2H3/t19-,20-,24-/m1/s1. The SMILES string of the molecule is COc1cccc2c1C[C@H]1C[C@@H](C(=O)N3CCN(c4cccc(F)c4)CC3)CN(C)[C@@H]1C2. The molecule has 1 amide bonds. The van der Waals surface area contributed by atoms with E-state index in [1.807, 2.05) is 17.0 Å². The second-order valence-electron chi connectivity index (χ2n) is 9.50. The number of anilines is 1. The molecular formula is C26H32FN3O2. The molecule has 2 aromatic carbocycles. The number of benzene rings is 2. The minimum Gasteiger partial charge on any atom is -0.496 e. The number of halogens is 1. The average Bonchev–Trinajstić information content (AvgIpc) is 2.82. The first-order valence-electron chi connectivity index (χ1n) is 11.7. The minimum absolute atomic E-state index is 0.0400. The van der Waals surface area contributed by atoms with E-state index in [4.69, 9.17) is 4.74 Å². The number of piperazine rings is 1. The van der Waals surface area contributed by atoms with E-state index in [9.17, 15) is 9.18 Å². The van der Waals surface area contributed by atoms with E-state index in [-0.39, 0.29) is 17.6 Å². The number of likely N-dealkylation sites (N-methyl/N-ethyl adjacent to an activating group) is 1. The van der Waals surface area contributed by atoms with Crippen molar-refractivity contribution in [3.8, 4) is 5.75 Å². The number of fused-ring (bicyclic) bond motifs is 2. The molecule has 2 aromatic rings. The fourth-order valence-electron chi connectivity index (χ4n) is 5.99. The van der Waals surface area contributed by atoms with Crippen molar-refractivity contribution in [1.82, 2.24) is 9.80 Å². The molecule has 2 fully saturated rings. The van der Waals surface area contributed by atoms with Crippen LogP contribution in [-0.4, -0.2) is 68.6 Å².